The van der Waals surface area contributed by atoms with E-state index in [9.17, 15) is 14.7 Å². The maximum absolute atomic E-state index is 11.9. The van der Waals surface area contributed by atoms with Gasteiger partial charge in [0.2, 0.25) is 0 Å². The van der Waals surface area contributed by atoms with Crippen molar-refractivity contribution in [3.63, 3.8) is 0 Å². The summed E-state index contributed by atoms with van der Waals surface area (Å²) in [5, 5.41) is 18.7. The lowest BCUT2D eigenvalue weighted by atomic mass is 9.74. The number of Topliss-reactive ketones (excluding diaryl/α,β-unsaturated/α-hetero) is 1. The Morgan fingerprint density at radius 2 is 1.81 bits per heavy atom. The Hall–Kier alpha value is -0.900. The monoisotopic (exact) mass is 230 g/mol. The maximum Gasteiger partial charge on any atom is 0.319 e. The Balaban J connectivity index is 4.76. The molecule has 0 spiro atoms. The van der Waals surface area contributed by atoms with Gasteiger partial charge in [-0.05, 0) is 19.8 Å². The summed E-state index contributed by atoms with van der Waals surface area (Å²) in [6, 6.07) is 0. The Morgan fingerprint density at radius 1 is 1.25 bits per heavy atom. The molecule has 2 unspecified atom stereocenters. The average Bonchev–Trinajstić information content (AvgIpc) is 2.18. The first-order valence-electron chi connectivity index (χ1n) is 5.88. The molecule has 0 aliphatic rings. The van der Waals surface area contributed by atoms with Crippen molar-refractivity contribution >= 4 is 11.8 Å². The van der Waals surface area contributed by atoms with Crippen LogP contribution < -0.4 is 0 Å². The summed E-state index contributed by atoms with van der Waals surface area (Å²) in [6.07, 6.45) is 1.80. The molecule has 16 heavy (non-hydrogen) atoms. The molecular formula is C12H22O4. The number of carbonyl (C=O) groups is 2. The van der Waals surface area contributed by atoms with Crippen LogP contribution in [0.25, 0.3) is 0 Å². The Kier molecular flexibility index (Phi) is 6.26. The number of ketones is 1. The van der Waals surface area contributed by atoms with Crippen LogP contribution in [0.2, 0.25) is 0 Å². The zero-order valence-corrected chi connectivity index (χ0v) is 10.3. The van der Waals surface area contributed by atoms with E-state index < -0.39 is 17.5 Å². The topological polar surface area (TPSA) is 74.6 Å². The Morgan fingerprint density at radius 3 is 2.12 bits per heavy atom. The summed E-state index contributed by atoms with van der Waals surface area (Å²) < 4.78 is 0. The summed E-state index contributed by atoms with van der Waals surface area (Å²) in [5.41, 5.74) is -1.62. The van der Waals surface area contributed by atoms with Crippen molar-refractivity contribution in [2.75, 3.05) is 0 Å². The quantitative estimate of drug-likeness (QED) is 0.494. The molecule has 94 valence electrons. The summed E-state index contributed by atoms with van der Waals surface area (Å²) in [6.45, 7) is 5.01. The van der Waals surface area contributed by atoms with E-state index in [-0.39, 0.29) is 18.6 Å². The van der Waals surface area contributed by atoms with Gasteiger partial charge in [0.05, 0.1) is 6.10 Å². The van der Waals surface area contributed by atoms with Crippen LogP contribution in [0.15, 0.2) is 0 Å². The third kappa shape index (κ3) is 3.04. The smallest absolute Gasteiger partial charge is 0.319 e. The fraction of sp³-hybridized carbons (Fsp3) is 0.833. The second kappa shape index (κ2) is 6.63. The van der Waals surface area contributed by atoms with E-state index in [1.165, 1.54) is 6.92 Å². The predicted octanol–water partition coefficient (Wildman–Crippen LogP) is 2.00. The molecule has 0 aliphatic carbocycles. The number of rotatable bonds is 8. The summed E-state index contributed by atoms with van der Waals surface area (Å²) in [7, 11) is 0. The molecule has 0 saturated heterocycles. The number of carbonyl (C=O) groups excluding carboxylic acids is 1. The van der Waals surface area contributed by atoms with Gasteiger partial charge in [0.15, 0.2) is 11.2 Å². The number of aliphatic carboxylic acids is 1. The van der Waals surface area contributed by atoms with Gasteiger partial charge in [-0.1, -0.05) is 26.7 Å². The molecule has 4 nitrogen and oxygen atoms in total. The average molecular weight is 230 g/mol. The van der Waals surface area contributed by atoms with Crippen LogP contribution >= 0.6 is 0 Å². The molecule has 0 bridgehead atoms. The van der Waals surface area contributed by atoms with Gasteiger partial charge in [-0.15, -0.1) is 0 Å². The molecule has 0 rings (SSSR count). The molecule has 0 aromatic heterocycles. The van der Waals surface area contributed by atoms with Crippen LogP contribution in [-0.4, -0.2) is 28.1 Å². The summed E-state index contributed by atoms with van der Waals surface area (Å²) >= 11 is 0. The number of aliphatic hydroxyl groups excluding tert-OH is 1. The molecule has 0 saturated carbocycles. The van der Waals surface area contributed by atoms with Crippen molar-refractivity contribution in [2.24, 2.45) is 5.41 Å². The number of aliphatic hydroxyl groups is 1. The third-order valence-corrected chi connectivity index (χ3v) is 3.16. The highest BCUT2D eigenvalue weighted by Gasteiger charge is 2.47. The van der Waals surface area contributed by atoms with Gasteiger partial charge in [-0.2, -0.15) is 0 Å². The van der Waals surface area contributed by atoms with Gasteiger partial charge >= 0.3 is 5.97 Å². The van der Waals surface area contributed by atoms with Crippen LogP contribution in [-0.2, 0) is 9.59 Å². The van der Waals surface area contributed by atoms with Crippen molar-refractivity contribution in [2.45, 2.75) is 59.0 Å². The molecule has 0 heterocycles. The lowest BCUT2D eigenvalue weighted by Crippen LogP contribution is -2.47. The molecule has 0 radical (unpaired) electrons. The number of hydrogen-bond acceptors (Lipinski definition) is 3. The molecule has 0 fully saturated rings. The van der Waals surface area contributed by atoms with Crippen LogP contribution in [0.5, 0.6) is 0 Å². The minimum Gasteiger partial charge on any atom is -0.480 e. The lowest BCUT2D eigenvalue weighted by Gasteiger charge is -2.29. The number of hydrogen-bond donors (Lipinski definition) is 2. The summed E-state index contributed by atoms with van der Waals surface area (Å²) in [4.78, 5) is 23.1. The van der Waals surface area contributed by atoms with E-state index in [1.54, 1.807) is 6.92 Å². The zero-order chi connectivity index (χ0) is 12.8. The first-order valence-corrected chi connectivity index (χ1v) is 5.88. The van der Waals surface area contributed by atoms with Gasteiger partial charge in [0.1, 0.15) is 0 Å². The first kappa shape index (κ1) is 15.1. The van der Waals surface area contributed by atoms with Crippen molar-refractivity contribution in [1.82, 2.24) is 0 Å². The second-order valence-electron chi connectivity index (χ2n) is 4.19. The molecule has 4 heteroatoms. The molecule has 0 aliphatic heterocycles. The van der Waals surface area contributed by atoms with E-state index in [0.29, 0.717) is 6.42 Å². The fourth-order valence-electron chi connectivity index (χ4n) is 1.93. The Labute approximate surface area is 96.7 Å². The molecule has 2 N–H and O–H groups in total. The molecular weight excluding hydrogens is 208 g/mol. The van der Waals surface area contributed by atoms with E-state index in [2.05, 4.69) is 0 Å². The SMILES string of the molecule is CCCCCC(=O)C(CC)(C(=O)O)C(C)O. The largest absolute Gasteiger partial charge is 0.480 e. The van der Waals surface area contributed by atoms with Gasteiger partial charge in [0.25, 0.3) is 0 Å². The standard InChI is InChI=1S/C12H22O4/c1-4-6-7-8-10(14)12(5-2,9(3)13)11(15)16/h9,13H,4-8H2,1-3H3,(H,15,16). The molecule has 0 aromatic carbocycles. The van der Waals surface area contributed by atoms with Crippen LogP contribution in [0.3, 0.4) is 0 Å². The minimum absolute atomic E-state index is 0.130. The van der Waals surface area contributed by atoms with Crippen LogP contribution in [0.4, 0.5) is 0 Å². The maximum atomic E-state index is 11.9. The van der Waals surface area contributed by atoms with Crippen LogP contribution in [0.1, 0.15) is 52.9 Å². The second-order valence-corrected chi connectivity index (χ2v) is 4.19. The van der Waals surface area contributed by atoms with E-state index in [0.717, 1.165) is 12.8 Å². The van der Waals surface area contributed by atoms with E-state index >= 15 is 0 Å². The minimum atomic E-state index is -1.62. The van der Waals surface area contributed by atoms with Crippen molar-refractivity contribution in [3.8, 4) is 0 Å². The molecule has 2 atom stereocenters. The normalized spacial score (nSPS) is 16.5. The number of carboxylic acids is 1. The number of unbranched alkanes of at least 4 members (excludes halogenated alkanes) is 2. The number of carboxylic acid groups (broad SMARTS) is 1. The van der Waals surface area contributed by atoms with Crippen LogP contribution in [0, 0.1) is 5.41 Å². The third-order valence-electron chi connectivity index (χ3n) is 3.16. The highest BCUT2D eigenvalue weighted by atomic mass is 16.4. The van der Waals surface area contributed by atoms with E-state index in [1.807, 2.05) is 6.92 Å². The molecule has 0 amide bonds. The Bertz CT molecular complexity index is 247. The van der Waals surface area contributed by atoms with Crippen molar-refractivity contribution in [3.05, 3.63) is 0 Å². The van der Waals surface area contributed by atoms with Crippen molar-refractivity contribution in [1.29, 1.82) is 0 Å². The predicted molar refractivity (Wildman–Crippen MR) is 61.2 cm³/mol. The fourth-order valence-corrected chi connectivity index (χ4v) is 1.93. The lowest BCUT2D eigenvalue weighted by molar-refractivity contribution is -0.162. The highest BCUT2D eigenvalue weighted by molar-refractivity contribution is 6.03. The van der Waals surface area contributed by atoms with Crippen molar-refractivity contribution < 1.29 is 19.8 Å². The van der Waals surface area contributed by atoms with Gasteiger partial charge in [-0.3, -0.25) is 9.59 Å². The zero-order valence-electron chi connectivity index (χ0n) is 10.3. The first-order chi connectivity index (χ1) is 7.43. The van der Waals surface area contributed by atoms with Gasteiger partial charge < -0.3 is 10.2 Å². The van der Waals surface area contributed by atoms with E-state index in [4.69, 9.17) is 5.11 Å². The highest BCUT2D eigenvalue weighted by Crippen LogP contribution is 2.30. The van der Waals surface area contributed by atoms with Gasteiger partial charge in [-0.25, -0.2) is 0 Å². The molecule has 0 aromatic rings. The van der Waals surface area contributed by atoms with Gasteiger partial charge in [0, 0.05) is 6.42 Å². The summed E-state index contributed by atoms with van der Waals surface area (Å²) in [5.74, 6) is -1.57.